The molecule has 11 heteroatoms. The third-order valence-corrected chi connectivity index (χ3v) is 9.38. The van der Waals surface area contributed by atoms with E-state index in [9.17, 15) is 22.8 Å². The van der Waals surface area contributed by atoms with Crippen LogP contribution in [0.1, 0.15) is 50.2 Å². The standard InChI is InChI=1S/C21H24N2O6S3/c1-2-29-21(26)17-14-7-10-32(27,28)12-16(14)31-19(17)22-18(24)13-5-3-8-23(11-13)20(25)15-6-4-9-30-15/h4,6,9,13H,2-3,5,7-8,10-12H2,1H3,(H,22,24). The second-order valence-electron chi connectivity index (χ2n) is 7.83. The molecular weight excluding hydrogens is 472 g/mol. The van der Waals surface area contributed by atoms with Crippen LogP contribution < -0.4 is 5.32 Å². The van der Waals surface area contributed by atoms with Gasteiger partial charge in [0.2, 0.25) is 5.91 Å². The topological polar surface area (TPSA) is 110 Å². The van der Waals surface area contributed by atoms with Gasteiger partial charge in [-0.15, -0.1) is 22.7 Å². The number of piperidine rings is 1. The van der Waals surface area contributed by atoms with Crippen molar-refractivity contribution in [2.24, 2.45) is 5.92 Å². The maximum atomic E-state index is 13.1. The van der Waals surface area contributed by atoms with E-state index < -0.39 is 21.7 Å². The van der Waals surface area contributed by atoms with E-state index in [2.05, 4.69) is 5.32 Å². The Kier molecular flexibility index (Phi) is 6.68. The van der Waals surface area contributed by atoms with Crippen molar-refractivity contribution in [3.8, 4) is 0 Å². The Morgan fingerprint density at radius 2 is 2.12 bits per heavy atom. The van der Waals surface area contributed by atoms with Gasteiger partial charge in [0.15, 0.2) is 9.84 Å². The Morgan fingerprint density at radius 1 is 1.31 bits per heavy atom. The van der Waals surface area contributed by atoms with E-state index in [-0.39, 0.29) is 41.9 Å². The van der Waals surface area contributed by atoms with Crippen molar-refractivity contribution in [3.05, 3.63) is 38.4 Å². The number of anilines is 1. The van der Waals surface area contributed by atoms with Gasteiger partial charge in [-0.1, -0.05) is 6.07 Å². The lowest BCUT2D eigenvalue weighted by molar-refractivity contribution is -0.121. The lowest BCUT2D eigenvalue weighted by Gasteiger charge is -2.31. The Hall–Kier alpha value is -2.24. The van der Waals surface area contributed by atoms with Crippen LogP contribution in [0.5, 0.6) is 0 Å². The molecule has 0 aromatic carbocycles. The first kappa shape index (κ1) is 22.9. The molecule has 0 aliphatic carbocycles. The van der Waals surface area contributed by atoms with Crippen LogP contribution in [0.25, 0.3) is 0 Å². The number of ether oxygens (including phenoxy) is 1. The minimum absolute atomic E-state index is 0.0288. The molecule has 2 aromatic rings. The molecule has 1 atom stereocenters. The first-order valence-electron chi connectivity index (χ1n) is 10.4. The summed E-state index contributed by atoms with van der Waals surface area (Å²) in [5, 5.41) is 5.02. The number of amides is 2. The molecule has 0 bridgehead atoms. The number of likely N-dealkylation sites (tertiary alicyclic amines) is 1. The van der Waals surface area contributed by atoms with E-state index in [4.69, 9.17) is 4.74 Å². The summed E-state index contributed by atoms with van der Waals surface area (Å²) in [7, 11) is -3.22. The molecule has 0 radical (unpaired) electrons. The van der Waals surface area contributed by atoms with Gasteiger partial charge in [-0.2, -0.15) is 0 Å². The van der Waals surface area contributed by atoms with Gasteiger partial charge in [0.25, 0.3) is 5.91 Å². The number of sulfone groups is 1. The molecule has 2 aliphatic heterocycles. The van der Waals surface area contributed by atoms with E-state index in [0.29, 0.717) is 46.2 Å². The number of carbonyl (C=O) groups excluding carboxylic acids is 3. The number of nitrogens with one attached hydrogen (secondary N) is 1. The van der Waals surface area contributed by atoms with Gasteiger partial charge in [-0.25, -0.2) is 13.2 Å². The number of thiophene rings is 2. The molecule has 0 spiro atoms. The highest BCUT2D eigenvalue weighted by Gasteiger charge is 2.34. The molecule has 1 saturated heterocycles. The molecule has 172 valence electrons. The average Bonchev–Trinajstić information content (AvgIpc) is 3.40. The van der Waals surface area contributed by atoms with E-state index in [1.807, 2.05) is 11.4 Å². The van der Waals surface area contributed by atoms with Crippen LogP contribution in [-0.2, 0) is 31.5 Å². The molecule has 2 amide bonds. The number of rotatable bonds is 5. The van der Waals surface area contributed by atoms with Gasteiger partial charge >= 0.3 is 5.97 Å². The quantitative estimate of drug-likeness (QED) is 0.638. The van der Waals surface area contributed by atoms with Crippen LogP contribution in [0.15, 0.2) is 17.5 Å². The fourth-order valence-corrected chi connectivity index (χ4v) is 7.81. The lowest BCUT2D eigenvalue weighted by Crippen LogP contribution is -2.43. The Labute approximate surface area is 194 Å². The molecule has 2 aliphatic rings. The SMILES string of the molecule is CCOC(=O)c1c(NC(=O)C2CCCN(C(=O)c3cccs3)C2)sc2c1CCS(=O)(=O)C2. The van der Waals surface area contributed by atoms with Crippen LogP contribution in [0.4, 0.5) is 5.00 Å². The third kappa shape index (κ3) is 4.74. The zero-order chi connectivity index (χ0) is 22.9. The molecule has 4 rings (SSSR count). The first-order chi connectivity index (χ1) is 15.3. The normalized spacial score (nSPS) is 19.8. The molecule has 1 unspecified atom stereocenters. The summed E-state index contributed by atoms with van der Waals surface area (Å²) < 4.78 is 29.3. The Balaban J connectivity index is 1.54. The molecule has 1 N–H and O–H groups in total. The molecule has 0 saturated carbocycles. The molecule has 4 heterocycles. The minimum Gasteiger partial charge on any atom is -0.462 e. The van der Waals surface area contributed by atoms with Gasteiger partial charge < -0.3 is 15.0 Å². The summed E-state index contributed by atoms with van der Waals surface area (Å²) in [5.41, 5.74) is 0.911. The van der Waals surface area contributed by atoms with Crippen molar-refractivity contribution in [2.75, 3.05) is 30.8 Å². The number of fused-ring (bicyclic) bond motifs is 1. The largest absolute Gasteiger partial charge is 0.462 e. The van der Waals surface area contributed by atoms with E-state index in [1.54, 1.807) is 17.9 Å². The minimum atomic E-state index is -3.22. The lowest BCUT2D eigenvalue weighted by atomic mass is 9.97. The van der Waals surface area contributed by atoms with E-state index in [0.717, 1.165) is 11.3 Å². The number of carbonyl (C=O) groups is 3. The first-order valence-corrected chi connectivity index (χ1v) is 14.0. The number of esters is 1. The second-order valence-corrected chi connectivity index (χ2v) is 12.1. The maximum absolute atomic E-state index is 13.1. The van der Waals surface area contributed by atoms with Crippen LogP contribution in [-0.4, -0.2) is 56.6 Å². The molecular formula is C21H24N2O6S3. The monoisotopic (exact) mass is 496 g/mol. The van der Waals surface area contributed by atoms with Crippen molar-refractivity contribution in [1.29, 1.82) is 0 Å². The van der Waals surface area contributed by atoms with Crippen LogP contribution in [0, 0.1) is 5.92 Å². The second kappa shape index (κ2) is 9.32. The molecule has 32 heavy (non-hydrogen) atoms. The molecule has 8 nitrogen and oxygen atoms in total. The van der Waals surface area contributed by atoms with Crippen molar-refractivity contribution < 1.29 is 27.5 Å². The summed E-state index contributed by atoms with van der Waals surface area (Å²) in [5.74, 6) is -1.49. The summed E-state index contributed by atoms with van der Waals surface area (Å²) in [4.78, 5) is 41.3. The Bertz CT molecular complexity index is 1140. The number of hydrogen-bond acceptors (Lipinski definition) is 8. The van der Waals surface area contributed by atoms with Crippen molar-refractivity contribution >= 4 is 55.3 Å². The smallest absolute Gasteiger partial charge is 0.341 e. The van der Waals surface area contributed by atoms with Gasteiger partial charge in [0.1, 0.15) is 5.00 Å². The predicted molar refractivity (Wildman–Crippen MR) is 123 cm³/mol. The molecule has 1 fully saturated rings. The van der Waals surface area contributed by atoms with Gasteiger partial charge in [-0.05, 0) is 43.2 Å². The van der Waals surface area contributed by atoms with Gasteiger partial charge in [0.05, 0.1) is 34.5 Å². The van der Waals surface area contributed by atoms with Gasteiger partial charge in [0, 0.05) is 18.0 Å². The average molecular weight is 497 g/mol. The zero-order valence-electron chi connectivity index (χ0n) is 17.6. The zero-order valence-corrected chi connectivity index (χ0v) is 20.0. The van der Waals surface area contributed by atoms with Crippen molar-refractivity contribution in [3.63, 3.8) is 0 Å². The van der Waals surface area contributed by atoms with E-state index >= 15 is 0 Å². The fourth-order valence-electron chi connectivity index (χ4n) is 4.08. The highest BCUT2D eigenvalue weighted by Crippen LogP contribution is 2.39. The number of nitrogens with zero attached hydrogens (tertiary/aromatic N) is 1. The maximum Gasteiger partial charge on any atom is 0.341 e. The highest BCUT2D eigenvalue weighted by molar-refractivity contribution is 7.90. The van der Waals surface area contributed by atoms with Crippen LogP contribution in [0.2, 0.25) is 0 Å². The predicted octanol–water partition coefficient (Wildman–Crippen LogP) is 2.95. The Morgan fingerprint density at radius 3 is 2.84 bits per heavy atom. The van der Waals surface area contributed by atoms with Crippen LogP contribution in [0.3, 0.4) is 0 Å². The molecule has 2 aromatic heterocycles. The fraction of sp³-hybridized carbons (Fsp3) is 0.476. The third-order valence-electron chi connectivity index (χ3n) is 5.63. The summed E-state index contributed by atoms with van der Waals surface area (Å²) >= 11 is 2.50. The van der Waals surface area contributed by atoms with E-state index in [1.165, 1.54) is 11.3 Å². The van der Waals surface area contributed by atoms with Crippen LogP contribution >= 0.6 is 22.7 Å². The van der Waals surface area contributed by atoms with Gasteiger partial charge in [-0.3, -0.25) is 9.59 Å². The summed E-state index contributed by atoms with van der Waals surface area (Å²) in [6.07, 6.45) is 1.57. The summed E-state index contributed by atoms with van der Waals surface area (Å²) in [6, 6.07) is 3.59. The van der Waals surface area contributed by atoms with Crippen molar-refractivity contribution in [1.82, 2.24) is 4.90 Å². The highest BCUT2D eigenvalue weighted by atomic mass is 32.2. The number of hydrogen-bond donors (Lipinski definition) is 1. The summed E-state index contributed by atoms with van der Waals surface area (Å²) in [6.45, 7) is 2.77. The van der Waals surface area contributed by atoms with Crippen molar-refractivity contribution in [2.45, 2.75) is 31.9 Å².